The summed E-state index contributed by atoms with van der Waals surface area (Å²) < 4.78 is 0. The molecule has 1 aromatic heterocycles. The molecule has 0 bridgehead atoms. The van der Waals surface area contributed by atoms with Crippen molar-refractivity contribution in [1.82, 2.24) is 15.0 Å². The van der Waals surface area contributed by atoms with Gasteiger partial charge in [0.25, 0.3) is 0 Å². The van der Waals surface area contributed by atoms with E-state index in [1.54, 1.807) is 0 Å². The Morgan fingerprint density at radius 2 is 1.78 bits per heavy atom. The summed E-state index contributed by atoms with van der Waals surface area (Å²) in [7, 11) is 0. The van der Waals surface area contributed by atoms with Crippen LogP contribution < -0.4 is 5.73 Å². The Bertz CT molecular complexity index is 383. The van der Waals surface area contributed by atoms with Crippen LogP contribution >= 0.6 is 0 Å². The van der Waals surface area contributed by atoms with E-state index in [9.17, 15) is 0 Å². The fraction of sp³-hybridized carbons (Fsp3) is 0.786. The number of nitrogens with two attached hydrogens (primary N) is 1. The Labute approximate surface area is 109 Å². The molecule has 1 aromatic rings. The van der Waals surface area contributed by atoms with Crippen molar-refractivity contribution in [2.24, 2.45) is 5.92 Å². The molecule has 18 heavy (non-hydrogen) atoms. The maximum absolute atomic E-state index is 5.79. The van der Waals surface area contributed by atoms with Crippen molar-refractivity contribution < 1.29 is 0 Å². The zero-order valence-corrected chi connectivity index (χ0v) is 11.5. The lowest BCUT2D eigenvalue weighted by Gasteiger charge is -2.26. The third-order valence-electron chi connectivity index (χ3n) is 3.98. The van der Waals surface area contributed by atoms with E-state index >= 15 is 0 Å². The molecule has 4 nitrogen and oxygen atoms in total. The lowest BCUT2D eigenvalue weighted by atomic mass is 9.80. The van der Waals surface area contributed by atoms with Crippen LogP contribution in [0.2, 0.25) is 0 Å². The molecule has 1 aliphatic rings. The summed E-state index contributed by atoms with van der Waals surface area (Å²) in [6.45, 7) is 4.41. The van der Waals surface area contributed by atoms with Crippen LogP contribution in [0.15, 0.2) is 0 Å². The lowest BCUT2D eigenvalue weighted by molar-refractivity contribution is 0.311. The zero-order valence-electron chi connectivity index (χ0n) is 11.5. The van der Waals surface area contributed by atoms with Gasteiger partial charge in [-0.3, -0.25) is 0 Å². The first-order valence-corrected chi connectivity index (χ1v) is 7.23. The first kappa shape index (κ1) is 13.2. The van der Waals surface area contributed by atoms with Crippen LogP contribution in [0.4, 0.5) is 5.95 Å². The fourth-order valence-corrected chi connectivity index (χ4v) is 2.80. The Balaban J connectivity index is 2.08. The van der Waals surface area contributed by atoms with Crippen LogP contribution in [0.5, 0.6) is 0 Å². The van der Waals surface area contributed by atoms with Crippen LogP contribution in [-0.4, -0.2) is 15.0 Å². The van der Waals surface area contributed by atoms with Gasteiger partial charge in [0.15, 0.2) is 0 Å². The molecule has 0 radical (unpaired) electrons. The third kappa shape index (κ3) is 3.18. The van der Waals surface area contributed by atoms with Crippen molar-refractivity contribution in [2.75, 3.05) is 5.73 Å². The van der Waals surface area contributed by atoms with E-state index in [0.717, 1.165) is 30.4 Å². The van der Waals surface area contributed by atoms with E-state index in [1.165, 1.54) is 32.1 Å². The summed E-state index contributed by atoms with van der Waals surface area (Å²) in [5.74, 6) is 3.57. The number of nitrogen functional groups attached to an aromatic ring is 1. The maximum atomic E-state index is 5.79. The monoisotopic (exact) mass is 248 g/mol. The summed E-state index contributed by atoms with van der Waals surface area (Å²) >= 11 is 0. The van der Waals surface area contributed by atoms with Crippen molar-refractivity contribution in [1.29, 1.82) is 0 Å². The molecule has 0 amide bonds. The minimum Gasteiger partial charge on any atom is -0.368 e. The topological polar surface area (TPSA) is 64.7 Å². The minimum atomic E-state index is 0.390. The van der Waals surface area contributed by atoms with Gasteiger partial charge in [0, 0.05) is 12.3 Å². The Kier molecular flexibility index (Phi) is 4.50. The van der Waals surface area contributed by atoms with Crippen LogP contribution in [0, 0.1) is 5.92 Å². The average Bonchev–Trinajstić information content (AvgIpc) is 2.38. The summed E-state index contributed by atoms with van der Waals surface area (Å²) in [6.07, 6.45) is 8.25. The number of aromatic nitrogens is 3. The Hall–Kier alpha value is -1.19. The van der Waals surface area contributed by atoms with Gasteiger partial charge in [0.05, 0.1) is 0 Å². The Morgan fingerprint density at radius 3 is 2.39 bits per heavy atom. The molecule has 0 aromatic carbocycles. The highest BCUT2D eigenvalue weighted by molar-refractivity contribution is 5.18. The highest BCUT2D eigenvalue weighted by Gasteiger charge is 2.24. The lowest BCUT2D eigenvalue weighted by Crippen LogP contribution is -2.17. The van der Waals surface area contributed by atoms with Gasteiger partial charge in [-0.25, -0.2) is 4.98 Å². The highest BCUT2D eigenvalue weighted by atomic mass is 15.1. The van der Waals surface area contributed by atoms with Crippen LogP contribution in [0.25, 0.3) is 0 Å². The molecular formula is C14H24N4. The predicted octanol–water partition coefficient (Wildman–Crippen LogP) is 3.09. The number of aryl methyl sites for hydroxylation is 1. The Morgan fingerprint density at radius 1 is 1.06 bits per heavy atom. The molecule has 0 aliphatic heterocycles. The van der Waals surface area contributed by atoms with E-state index in [4.69, 9.17) is 5.73 Å². The molecule has 2 N–H and O–H groups in total. The molecule has 1 fully saturated rings. The van der Waals surface area contributed by atoms with E-state index < -0.39 is 0 Å². The second kappa shape index (κ2) is 6.12. The van der Waals surface area contributed by atoms with Crippen molar-refractivity contribution in [3.8, 4) is 0 Å². The zero-order chi connectivity index (χ0) is 13.0. The normalized spacial score (nSPS) is 24.1. The SMILES string of the molecule is CCCc1nc(N)nc(C2CCC(CC)CC2)n1. The number of rotatable bonds is 4. The van der Waals surface area contributed by atoms with Gasteiger partial charge >= 0.3 is 0 Å². The van der Waals surface area contributed by atoms with Crippen LogP contribution in [0.3, 0.4) is 0 Å². The molecule has 100 valence electrons. The second-order valence-electron chi connectivity index (χ2n) is 5.34. The van der Waals surface area contributed by atoms with Crippen molar-refractivity contribution in [2.45, 2.75) is 64.7 Å². The van der Waals surface area contributed by atoms with Crippen molar-refractivity contribution in [3.05, 3.63) is 11.6 Å². The van der Waals surface area contributed by atoms with Gasteiger partial charge in [0.1, 0.15) is 11.6 Å². The fourth-order valence-electron chi connectivity index (χ4n) is 2.80. The van der Waals surface area contributed by atoms with Gasteiger partial charge < -0.3 is 5.73 Å². The second-order valence-corrected chi connectivity index (χ2v) is 5.34. The molecule has 4 heteroatoms. The van der Waals surface area contributed by atoms with E-state index in [2.05, 4.69) is 28.8 Å². The van der Waals surface area contributed by atoms with Crippen LogP contribution in [0.1, 0.15) is 69.9 Å². The largest absolute Gasteiger partial charge is 0.368 e. The molecule has 1 heterocycles. The van der Waals surface area contributed by atoms with Gasteiger partial charge in [-0.1, -0.05) is 20.3 Å². The van der Waals surface area contributed by atoms with Gasteiger partial charge in [-0.2, -0.15) is 9.97 Å². The summed E-state index contributed by atoms with van der Waals surface area (Å²) in [5.41, 5.74) is 5.79. The number of anilines is 1. The minimum absolute atomic E-state index is 0.390. The van der Waals surface area contributed by atoms with Gasteiger partial charge in [-0.05, 0) is 38.0 Å². The molecule has 2 rings (SSSR count). The van der Waals surface area contributed by atoms with E-state index in [1.807, 2.05) is 0 Å². The number of hydrogen-bond acceptors (Lipinski definition) is 4. The highest BCUT2D eigenvalue weighted by Crippen LogP contribution is 2.35. The molecular weight excluding hydrogens is 224 g/mol. The van der Waals surface area contributed by atoms with Crippen LogP contribution in [-0.2, 0) is 6.42 Å². The summed E-state index contributed by atoms with van der Waals surface area (Å²) in [6, 6.07) is 0. The van der Waals surface area contributed by atoms with Crippen molar-refractivity contribution in [3.63, 3.8) is 0 Å². The molecule has 1 aliphatic carbocycles. The molecule has 1 saturated carbocycles. The number of hydrogen-bond donors (Lipinski definition) is 1. The van der Waals surface area contributed by atoms with Gasteiger partial charge in [0.2, 0.25) is 5.95 Å². The third-order valence-corrected chi connectivity index (χ3v) is 3.98. The average molecular weight is 248 g/mol. The molecule has 0 unspecified atom stereocenters. The summed E-state index contributed by atoms with van der Waals surface area (Å²) in [4.78, 5) is 13.1. The van der Waals surface area contributed by atoms with Crippen molar-refractivity contribution >= 4 is 5.95 Å². The standard InChI is InChI=1S/C14H24N4/c1-3-5-12-16-13(18-14(15)17-12)11-8-6-10(4-2)7-9-11/h10-11H,3-9H2,1-2H3,(H2,15,16,17,18). The quantitative estimate of drug-likeness (QED) is 0.889. The van der Waals surface area contributed by atoms with E-state index in [0.29, 0.717) is 11.9 Å². The molecule has 0 atom stereocenters. The number of nitrogens with zero attached hydrogens (tertiary/aromatic N) is 3. The summed E-state index contributed by atoms with van der Waals surface area (Å²) in [5, 5.41) is 0. The smallest absolute Gasteiger partial charge is 0.223 e. The molecule has 0 saturated heterocycles. The van der Waals surface area contributed by atoms with Gasteiger partial charge in [-0.15, -0.1) is 0 Å². The van der Waals surface area contributed by atoms with E-state index in [-0.39, 0.29) is 0 Å². The molecule has 0 spiro atoms. The predicted molar refractivity (Wildman–Crippen MR) is 73.2 cm³/mol. The first-order valence-electron chi connectivity index (χ1n) is 7.23. The first-order chi connectivity index (χ1) is 8.72. The maximum Gasteiger partial charge on any atom is 0.223 e.